The highest BCUT2D eigenvalue weighted by Crippen LogP contribution is 1.64. The zero-order chi connectivity index (χ0) is 7.70. The van der Waals surface area contributed by atoms with Gasteiger partial charge in [-0.2, -0.15) is 0 Å². The van der Waals surface area contributed by atoms with Gasteiger partial charge in [0, 0.05) is 13.2 Å². The average Bonchev–Trinajstić information content (AvgIpc) is 1.66. The number of rotatable bonds is 2. The van der Waals surface area contributed by atoms with Crippen LogP contribution in [0.15, 0.2) is 0 Å². The van der Waals surface area contributed by atoms with E-state index in [9.17, 15) is 0 Å². The Morgan fingerprint density at radius 1 is 1.56 bits per heavy atom. The second-order valence-electron chi connectivity index (χ2n) is 1.10. The third kappa shape index (κ3) is 131. The fourth-order valence-corrected chi connectivity index (χ4v) is 0.204. The van der Waals surface area contributed by atoms with Crippen LogP contribution >= 0.6 is 0 Å². The minimum Gasteiger partial charge on any atom is -0.530 e. The first-order chi connectivity index (χ1) is 4.15. The molecule has 0 fully saturated rings. The van der Waals surface area contributed by atoms with Gasteiger partial charge in [-0.05, 0) is 13.8 Å². The smallest absolute Gasteiger partial charge is 0.131 e. The van der Waals surface area contributed by atoms with Gasteiger partial charge in [0.1, 0.15) is 6.09 Å². The average molecular weight is 134 g/mol. The Hall–Kier alpha value is -0.770. The predicted molar refractivity (Wildman–Crippen MR) is 31.8 cm³/mol. The van der Waals surface area contributed by atoms with Gasteiger partial charge in [0.05, 0.1) is 0 Å². The van der Waals surface area contributed by atoms with E-state index in [2.05, 4.69) is 5.73 Å². The second kappa shape index (κ2) is 10.3. The van der Waals surface area contributed by atoms with Crippen molar-refractivity contribution in [1.29, 1.82) is 0 Å². The quantitative estimate of drug-likeness (QED) is 0.544. The summed E-state index contributed by atoms with van der Waals surface area (Å²) in [6, 6.07) is 0. The Balaban J connectivity index is 0. The summed E-state index contributed by atoms with van der Waals surface area (Å²) in [7, 11) is 0. The van der Waals surface area contributed by atoms with Crippen LogP contribution in [0.5, 0.6) is 0 Å². The lowest BCUT2D eigenvalue weighted by atomic mass is 10.8. The van der Waals surface area contributed by atoms with E-state index < -0.39 is 6.09 Å². The van der Waals surface area contributed by atoms with Crippen molar-refractivity contribution in [2.24, 2.45) is 5.73 Å². The van der Waals surface area contributed by atoms with E-state index in [0.717, 1.165) is 13.2 Å². The molecule has 0 aliphatic rings. The maximum atomic E-state index is 8.67. The summed E-state index contributed by atoms with van der Waals surface area (Å²) >= 11 is 0. The number of carbonyl (C=O) groups excluding carboxylic acids is 1. The summed E-state index contributed by atoms with van der Waals surface area (Å²) < 4.78 is 4.83. The van der Waals surface area contributed by atoms with Crippen molar-refractivity contribution in [3.63, 3.8) is 0 Å². The Labute approximate surface area is 54.6 Å². The fourth-order valence-electron chi connectivity index (χ4n) is 0.204. The molecule has 0 unspecified atom stereocenters. The Morgan fingerprint density at radius 2 is 1.78 bits per heavy atom. The molecule has 0 aliphatic heterocycles. The summed E-state index contributed by atoms with van der Waals surface area (Å²) in [5.74, 6) is 0. The lowest BCUT2D eigenvalue weighted by Crippen LogP contribution is -2.29. The molecule has 0 bridgehead atoms. The fraction of sp³-hybridized carbons (Fsp3) is 0.800. The molecule has 0 aliphatic carbocycles. The van der Waals surface area contributed by atoms with Gasteiger partial charge in [0.25, 0.3) is 0 Å². The Kier molecular flexibility index (Phi) is 12.6. The molecular formula is C5H12NO3-. The van der Waals surface area contributed by atoms with Crippen LogP contribution in [-0.4, -0.2) is 19.3 Å². The molecule has 0 heterocycles. The van der Waals surface area contributed by atoms with Crippen LogP contribution in [0.1, 0.15) is 13.8 Å². The first kappa shape index (κ1) is 11.1. The molecule has 0 aromatic carbocycles. The topological polar surface area (TPSA) is 75.4 Å². The summed E-state index contributed by atoms with van der Waals surface area (Å²) in [4.78, 5) is 8.67. The maximum absolute atomic E-state index is 8.67. The van der Waals surface area contributed by atoms with Crippen LogP contribution in [0.3, 0.4) is 0 Å². The highest BCUT2D eigenvalue weighted by Gasteiger charge is 1.64. The molecule has 9 heavy (non-hydrogen) atoms. The zero-order valence-corrected chi connectivity index (χ0v) is 5.72. The molecule has 0 rings (SSSR count). The van der Waals surface area contributed by atoms with E-state index in [0.29, 0.717) is 0 Å². The molecule has 2 N–H and O–H groups in total. The van der Waals surface area contributed by atoms with E-state index in [1.54, 1.807) is 0 Å². The van der Waals surface area contributed by atoms with Crippen molar-refractivity contribution in [3.8, 4) is 0 Å². The SMILES string of the molecule is CCOCC.NC(=O)[O-]. The van der Waals surface area contributed by atoms with Gasteiger partial charge in [-0.3, -0.25) is 0 Å². The molecule has 0 radical (unpaired) electrons. The van der Waals surface area contributed by atoms with Gasteiger partial charge in [0.15, 0.2) is 0 Å². The van der Waals surface area contributed by atoms with E-state index >= 15 is 0 Å². The van der Waals surface area contributed by atoms with Crippen molar-refractivity contribution >= 4 is 6.09 Å². The zero-order valence-electron chi connectivity index (χ0n) is 5.72. The summed E-state index contributed by atoms with van der Waals surface area (Å²) in [5.41, 5.74) is 3.92. The van der Waals surface area contributed by atoms with Crippen LogP contribution in [0.2, 0.25) is 0 Å². The van der Waals surface area contributed by atoms with Gasteiger partial charge in [0.2, 0.25) is 0 Å². The molecule has 0 atom stereocenters. The molecule has 0 spiro atoms. The van der Waals surface area contributed by atoms with Crippen molar-refractivity contribution in [2.45, 2.75) is 13.8 Å². The number of ether oxygens (including phenoxy) is 1. The normalized spacial score (nSPS) is 7.33. The monoisotopic (exact) mass is 134 g/mol. The van der Waals surface area contributed by atoms with Crippen molar-refractivity contribution in [3.05, 3.63) is 0 Å². The number of nitrogens with two attached hydrogens (primary N) is 1. The van der Waals surface area contributed by atoms with Gasteiger partial charge >= 0.3 is 0 Å². The highest BCUT2D eigenvalue weighted by atomic mass is 16.5. The van der Waals surface area contributed by atoms with E-state index in [1.165, 1.54) is 0 Å². The van der Waals surface area contributed by atoms with Gasteiger partial charge in [-0.1, -0.05) is 0 Å². The summed E-state index contributed by atoms with van der Waals surface area (Å²) in [6.45, 7) is 5.67. The first-order valence-electron chi connectivity index (χ1n) is 2.69. The standard InChI is InChI=1S/C4H10O.CH3NO2/c1-3-5-4-2;2-1(3)4/h3-4H2,1-2H3;2H2,(H,3,4)/p-1. The second-order valence-corrected chi connectivity index (χ2v) is 1.10. The lowest BCUT2D eigenvalue weighted by molar-refractivity contribution is -0.245. The van der Waals surface area contributed by atoms with Crippen molar-refractivity contribution < 1.29 is 14.6 Å². The van der Waals surface area contributed by atoms with Gasteiger partial charge in [-0.15, -0.1) is 0 Å². The molecule has 56 valence electrons. The molecule has 1 amide bonds. The molecule has 4 heteroatoms. The van der Waals surface area contributed by atoms with Gasteiger partial charge < -0.3 is 20.4 Å². The van der Waals surface area contributed by atoms with Crippen LogP contribution in [0, 0.1) is 0 Å². The third-order valence-electron chi connectivity index (χ3n) is 0.408. The lowest BCUT2D eigenvalue weighted by Gasteiger charge is -1.86. The van der Waals surface area contributed by atoms with E-state index in [4.69, 9.17) is 14.6 Å². The van der Waals surface area contributed by atoms with Gasteiger partial charge in [-0.25, -0.2) is 0 Å². The number of carboxylic acid groups (broad SMARTS) is 1. The summed E-state index contributed by atoms with van der Waals surface area (Å²) in [6.07, 6.45) is -1.58. The molecule has 0 saturated heterocycles. The number of amides is 1. The van der Waals surface area contributed by atoms with Crippen LogP contribution in [-0.2, 0) is 4.74 Å². The number of carbonyl (C=O) groups is 1. The molecule has 4 nitrogen and oxygen atoms in total. The molecular weight excluding hydrogens is 122 g/mol. The molecule has 0 saturated carbocycles. The minimum atomic E-state index is -1.58. The Morgan fingerprint density at radius 3 is 1.78 bits per heavy atom. The molecule has 0 aromatic rings. The largest absolute Gasteiger partial charge is 0.530 e. The van der Waals surface area contributed by atoms with Crippen LogP contribution in [0.25, 0.3) is 0 Å². The van der Waals surface area contributed by atoms with E-state index in [-0.39, 0.29) is 0 Å². The number of hydrogen-bond acceptors (Lipinski definition) is 3. The number of primary amides is 1. The minimum absolute atomic E-state index is 0.844. The molecule has 0 aromatic heterocycles. The van der Waals surface area contributed by atoms with Crippen molar-refractivity contribution in [2.75, 3.05) is 13.2 Å². The maximum Gasteiger partial charge on any atom is 0.131 e. The van der Waals surface area contributed by atoms with Crippen molar-refractivity contribution in [1.82, 2.24) is 0 Å². The van der Waals surface area contributed by atoms with Crippen LogP contribution in [0.4, 0.5) is 4.79 Å². The third-order valence-corrected chi connectivity index (χ3v) is 0.408. The predicted octanol–water partition coefficient (Wildman–Crippen LogP) is -0.669. The van der Waals surface area contributed by atoms with E-state index in [1.807, 2.05) is 13.8 Å². The first-order valence-corrected chi connectivity index (χ1v) is 2.69. The van der Waals surface area contributed by atoms with Crippen LogP contribution < -0.4 is 10.8 Å². The Bertz CT molecular complexity index is 59.2. The summed E-state index contributed by atoms with van der Waals surface area (Å²) in [5, 5.41) is 8.67. The number of hydrogen-bond donors (Lipinski definition) is 1. The highest BCUT2D eigenvalue weighted by molar-refractivity contribution is 5.58.